The van der Waals surface area contributed by atoms with E-state index in [2.05, 4.69) is 18.2 Å². The van der Waals surface area contributed by atoms with Crippen LogP contribution in [-0.2, 0) is 0 Å². The van der Waals surface area contributed by atoms with Gasteiger partial charge in [-0.25, -0.2) is 0 Å². The molecule has 3 rings (SSSR count). The van der Waals surface area contributed by atoms with Gasteiger partial charge in [-0.3, -0.25) is 0 Å². The Morgan fingerprint density at radius 2 is 1.30 bits per heavy atom. The Labute approximate surface area is 123 Å². The first-order chi connectivity index (χ1) is 9.83. The van der Waals surface area contributed by atoms with Gasteiger partial charge in [0.25, 0.3) is 0 Å². The van der Waals surface area contributed by atoms with Crippen molar-refractivity contribution in [3.8, 4) is 22.6 Å². The van der Waals surface area contributed by atoms with Crippen molar-refractivity contribution in [2.24, 2.45) is 0 Å². The van der Waals surface area contributed by atoms with E-state index in [1.165, 1.54) is 0 Å². The molecule has 0 N–H and O–H groups in total. The highest BCUT2D eigenvalue weighted by atomic mass is 35.5. The topological polar surface area (TPSA) is 9.23 Å². The van der Waals surface area contributed by atoms with Crippen LogP contribution >= 0.6 is 11.6 Å². The maximum atomic E-state index is 5.96. The molecule has 0 aliphatic rings. The van der Waals surface area contributed by atoms with Gasteiger partial charge in [0.15, 0.2) is 0 Å². The van der Waals surface area contributed by atoms with Gasteiger partial charge in [-0.05, 0) is 35.9 Å². The zero-order valence-electron chi connectivity index (χ0n) is 10.8. The average Bonchev–Trinajstić information content (AvgIpc) is 2.51. The summed E-state index contributed by atoms with van der Waals surface area (Å²) in [6, 6.07) is 25.6. The zero-order chi connectivity index (χ0) is 13.8. The largest absolute Gasteiger partial charge is 0.457 e. The number of benzene rings is 3. The third-order valence-corrected chi connectivity index (χ3v) is 3.27. The number of para-hydroxylation sites is 1. The van der Waals surface area contributed by atoms with Crippen LogP contribution in [-0.4, -0.2) is 0 Å². The van der Waals surface area contributed by atoms with Crippen LogP contribution in [0, 0.1) is 0 Å². The Bertz CT molecular complexity index is 690. The molecule has 3 aromatic carbocycles. The molecule has 0 radical (unpaired) electrons. The Morgan fingerprint density at radius 3 is 2.05 bits per heavy atom. The van der Waals surface area contributed by atoms with Crippen LogP contribution in [0.2, 0.25) is 5.02 Å². The molecule has 0 saturated heterocycles. The SMILES string of the molecule is Clc1ccc(Oc2ccccc2-c2ccccc2)cc1. The van der Waals surface area contributed by atoms with Crippen molar-refractivity contribution in [3.05, 3.63) is 83.9 Å². The van der Waals surface area contributed by atoms with Crippen LogP contribution < -0.4 is 4.74 Å². The van der Waals surface area contributed by atoms with Crippen molar-refractivity contribution in [2.45, 2.75) is 0 Å². The normalized spacial score (nSPS) is 10.2. The second-order valence-electron chi connectivity index (χ2n) is 4.42. The fourth-order valence-electron chi connectivity index (χ4n) is 2.04. The van der Waals surface area contributed by atoms with Crippen LogP contribution in [0.5, 0.6) is 11.5 Å². The molecule has 20 heavy (non-hydrogen) atoms. The average molecular weight is 281 g/mol. The number of hydrogen-bond acceptors (Lipinski definition) is 1. The molecule has 1 nitrogen and oxygen atoms in total. The Hall–Kier alpha value is -2.25. The van der Waals surface area contributed by atoms with E-state index in [1.54, 1.807) is 0 Å². The smallest absolute Gasteiger partial charge is 0.135 e. The third-order valence-electron chi connectivity index (χ3n) is 3.01. The lowest BCUT2D eigenvalue weighted by molar-refractivity contribution is 0.484. The molecule has 0 atom stereocenters. The van der Waals surface area contributed by atoms with E-state index in [4.69, 9.17) is 16.3 Å². The number of ether oxygens (including phenoxy) is 1. The molecule has 0 heterocycles. The van der Waals surface area contributed by atoms with Crippen molar-refractivity contribution in [2.75, 3.05) is 0 Å². The Kier molecular flexibility index (Phi) is 3.71. The van der Waals surface area contributed by atoms with Gasteiger partial charge in [0.2, 0.25) is 0 Å². The minimum atomic E-state index is 0.702. The lowest BCUT2D eigenvalue weighted by atomic mass is 10.1. The quantitative estimate of drug-likeness (QED) is 0.589. The summed E-state index contributed by atoms with van der Waals surface area (Å²) < 4.78 is 5.96. The van der Waals surface area contributed by atoms with Crippen LogP contribution in [0.1, 0.15) is 0 Å². The molecule has 0 spiro atoms. The maximum Gasteiger partial charge on any atom is 0.135 e. The van der Waals surface area contributed by atoms with Crippen molar-refractivity contribution in [1.82, 2.24) is 0 Å². The van der Waals surface area contributed by atoms with Crippen molar-refractivity contribution >= 4 is 11.6 Å². The van der Waals surface area contributed by atoms with Crippen LogP contribution in [0.15, 0.2) is 78.9 Å². The predicted octanol–water partition coefficient (Wildman–Crippen LogP) is 5.80. The minimum absolute atomic E-state index is 0.702. The molecule has 0 amide bonds. The van der Waals surface area contributed by atoms with Crippen LogP contribution in [0.25, 0.3) is 11.1 Å². The first-order valence-electron chi connectivity index (χ1n) is 6.41. The monoisotopic (exact) mass is 280 g/mol. The standard InChI is InChI=1S/C18H13ClO/c19-15-10-12-16(13-11-15)20-18-9-5-4-8-17(18)14-6-2-1-3-7-14/h1-13H. The lowest BCUT2D eigenvalue weighted by Gasteiger charge is -2.11. The van der Waals surface area contributed by atoms with Gasteiger partial charge >= 0.3 is 0 Å². The maximum absolute atomic E-state index is 5.96. The molecule has 0 aliphatic carbocycles. The van der Waals surface area contributed by atoms with E-state index in [0.717, 1.165) is 22.6 Å². The molecular formula is C18H13ClO. The van der Waals surface area contributed by atoms with E-state index in [1.807, 2.05) is 60.7 Å². The molecule has 3 aromatic rings. The second-order valence-corrected chi connectivity index (χ2v) is 4.85. The summed E-state index contributed by atoms with van der Waals surface area (Å²) in [6.45, 7) is 0. The molecule has 0 fully saturated rings. The number of rotatable bonds is 3. The van der Waals surface area contributed by atoms with E-state index in [-0.39, 0.29) is 0 Å². The summed E-state index contributed by atoms with van der Waals surface area (Å²) in [5.74, 6) is 1.61. The molecule has 0 aromatic heterocycles. The summed E-state index contributed by atoms with van der Waals surface area (Å²) in [4.78, 5) is 0. The highest BCUT2D eigenvalue weighted by Crippen LogP contribution is 2.33. The number of halogens is 1. The van der Waals surface area contributed by atoms with Gasteiger partial charge in [0, 0.05) is 10.6 Å². The lowest BCUT2D eigenvalue weighted by Crippen LogP contribution is -1.87. The number of hydrogen-bond donors (Lipinski definition) is 0. The van der Waals surface area contributed by atoms with Gasteiger partial charge in [-0.1, -0.05) is 60.1 Å². The fourth-order valence-corrected chi connectivity index (χ4v) is 2.17. The molecule has 0 saturated carbocycles. The van der Waals surface area contributed by atoms with Gasteiger partial charge in [-0.15, -0.1) is 0 Å². The third kappa shape index (κ3) is 2.84. The summed E-state index contributed by atoms with van der Waals surface area (Å²) in [6.07, 6.45) is 0. The first-order valence-corrected chi connectivity index (χ1v) is 6.78. The first kappa shape index (κ1) is 12.8. The van der Waals surface area contributed by atoms with Gasteiger partial charge < -0.3 is 4.74 Å². The highest BCUT2D eigenvalue weighted by Gasteiger charge is 2.06. The molecule has 0 unspecified atom stereocenters. The van der Waals surface area contributed by atoms with Crippen molar-refractivity contribution in [3.63, 3.8) is 0 Å². The second kappa shape index (κ2) is 5.81. The van der Waals surface area contributed by atoms with E-state index < -0.39 is 0 Å². The zero-order valence-corrected chi connectivity index (χ0v) is 11.5. The highest BCUT2D eigenvalue weighted by molar-refractivity contribution is 6.30. The Morgan fingerprint density at radius 1 is 0.650 bits per heavy atom. The summed E-state index contributed by atoms with van der Waals surface area (Å²) in [7, 11) is 0. The van der Waals surface area contributed by atoms with E-state index in [0.29, 0.717) is 5.02 Å². The van der Waals surface area contributed by atoms with Gasteiger partial charge in [0.05, 0.1) is 0 Å². The van der Waals surface area contributed by atoms with Gasteiger partial charge in [-0.2, -0.15) is 0 Å². The van der Waals surface area contributed by atoms with Crippen molar-refractivity contribution < 1.29 is 4.74 Å². The molecular weight excluding hydrogens is 268 g/mol. The Balaban J connectivity index is 1.96. The van der Waals surface area contributed by atoms with Crippen molar-refractivity contribution in [1.29, 1.82) is 0 Å². The van der Waals surface area contributed by atoms with Gasteiger partial charge in [0.1, 0.15) is 11.5 Å². The molecule has 0 aliphatic heterocycles. The van der Waals surface area contributed by atoms with Crippen LogP contribution in [0.3, 0.4) is 0 Å². The minimum Gasteiger partial charge on any atom is -0.457 e. The molecule has 98 valence electrons. The summed E-state index contributed by atoms with van der Waals surface area (Å²) in [5.41, 5.74) is 2.21. The van der Waals surface area contributed by atoms with E-state index >= 15 is 0 Å². The molecule has 0 bridgehead atoms. The molecule has 2 heteroatoms. The van der Waals surface area contributed by atoms with E-state index in [9.17, 15) is 0 Å². The fraction of sp³-hybridized carbons (Fsp3) is 0. The summed E-state index contributed by atoms with van der Waals surface area (Å²) in [5, 5.41) is 0.702. The predicted molar refractivity (Wildman–Crippen MR) is 83.4 cm³/mol. The van der Waals surface area contributed by atoms with Crippen LogP contribution in [0.4, 0.5) is 0 Å². The summed E-state index contributed by atoms with van der Waals surface area (Å²) >= 11 is 5.89.